The number of carboxylic acid groups (broad SMARTS) is 1. The Bertz CT molecular complexity index is 796. The molecule has 0 aliphatic carbocycles. The molecule has 1 amide bonds. The van der Waals surface area contributed by atoms with Crippen LogP contribution < -0.4 is 5.32 Å². The van der Waals surface area contributed by atoms with E-state index in [2.05, 4.69) is 5.32 Å². The Morgan fingerprint density at radius 2 is 1.69 bits per heavy atom. The molecule has 0 aliphatic rings. The number of carbonyl (C=O) groups is 3. The number of hydrogen-bond acceptors (Lipinski definition) is 4. The maximum absolute atomic E-state index is 12.2. The van der Waals surface area contributed by atoms with E-state index in [1.807, 2.05) is 13.8 Å². The van der Waals surface area contributed by atoms with E-state index in [1.54, 1.807) is 42.5 Å². The van der Waals surface area contributed by atoms with Gasteiger partial charge in [0.25, 0.3) is 0 Å². The van der Waals surface area contributed by atoms with Crippen molar-refractivity contribution in [3.8, 4) is 0 Å². The number of carboxylic acids is 1. The zero-order valence-corrected chi connectivity index (χ0v) is 14.7. The summed E-state index contributed by atoms with van der Waals surface area (Å²) in [6.45, 7) is 4.25. The zero-order valence-electron chi connectivity index (χ0n) is 14.7. The van der Waals surface area contributed by atoms with Gasteiger partial charge in [0.15, 0.2) is 0 Å². The van der Waals surface area contributed by atoms with Gasteiger partial charge in [0.2, 0.25) is 5.91 Å². The second-order valence-corrected chi connectivity index (χ2v) is 6.26. The molecule has 0 saturated heterocycles. The fourth-order valence-corrected chi connectivity index (χ4v) is 2.28. The van der Waals surface area contributed by atoms with Gasteiger partial charge in [-0.3, -0.25) is 4.79 Å². The number of hydrogen-bond donors (Lipinski definition) is 2. The molecule has 2 aromatic carbocycles. The lowest BCUT2D eigenvalue weighted by atomic mass is 10.0. The van der Waals surface area contributed by atoms with Crippen molar-refractivity contribution in [1.82, 2.24) is 0 Å². The highest BCUT2D eigenvalue weighted by molar-refractivity contribution is 5.96. The maximum atomic E-state index is 12.2. The van der Waals surface area contributed by atoms with Crippen molar-refractivity contribution >= 4 is 23.5 Å². The summed E-state index contributed by atoms with van der Waals surface area (Å²) in [4.78, 5) is 35.2. The largest absolute Gasteiger partial charge is 0.478 e. The number of rotatable bonds is 7. The van der Waals surface area contributed by atoms with E-state index in [0.29, 0.717) is 23.4 Å². The molecule has 136 valence electrons. The van der Waals surface area contributed by atoms with Crippen molar-refractivity contribution in [3.05, 3.63) is 65.2 Å². The molecule has 26 heavy (non-hydrogen) atoms. The summed E-state index contributed by atoms with van der Waals surface area (Å²) in [6, 6.07) is 12.7. The molecule has 0 fully saturated rings. The molecule has 0 bridgehead atoms. The molecule has 6 nitrogen and oxygen atoms in total. The molecule has 0 radical (unpaired) electrons. The van der Waals surface area contributed by atoms with Gasteiger partial charge in [0.1, 0.15) is 0 Å². The number of ether oxygens (including phenoxy) is 1. The molecule has 2 rings (SSSR count). The minimum atomic E-state index is -1.07. The molecule has 0 spiro atoms. The van der Waals surface area contributed by atoms with Gasteiger partial charge >= 0.3 is 11.9 Å². The van der Waals surface area contributed by atoms with Crippen molar-refractivity contribution in [1.29, 1.82) is 0 Å². The normalized spacial score (nSPS) is 10.4. The Balaban J connectivity index is 1.98. The highest BCUT2D eigenvalue weighted by atomic mass is 16.5. The summed E-state index contributed by atoms with van der Waals surface area (Å²) in [6.07, 6.45) is -0.0549. The van der Waals surface area contributed by atoms with Crippen LogP contribution in [0.5, 0.6) is 0 Å². The van der Waals surface area contributed by atoms with Crippen LogP contribution in [0.4, 0.5) is 5.69 Å². The monoisotopic (exact) mass is 355 g/mol. The van der Waals surface area contributed by atoms with Crippen molar-refractivity contribution in [3.63, 3.8) is 0 Å². The van der Waals surface area contributed by atoms with Gasteiger partial charge in [-0.05, 0) is 41.8 Å². The Hall–Kier alpha value is -3.15. The molecule has 2 N–H and O–H groups in total. The van der Waals surface area contributed by atoms with Gasteiger partial charge in [0, 0.05) is 5.69 Å². The van der Waals surface area contributed by atoms with E-state index >= 15 is 0 Å². The first-order valence-electron chi connectivity index (χ1n) is 8.25. The zero-order chi connectivity index (χ0) is 19.1. The Morgan fingerprint density at radius 1 is 1.04 bits per heavy atom. The van der Waals surface area contributed by atoms with Crippen molar-refractivity contribution in [2.24, 2.45) is 5.92 Å². The lowest BCUT2D eigenvalue weighted by molar-refractivity contribution is -0.115. The average molecular weight is 355 g/mol. The first kappa shape index (κ1) is 19.2. The standard InChI is InChI=1S/C20H21NO5/c1-13(2)12-26-20(25)14-7-9-16(10-8-14)21-18(22)11-15-5-3-4-6-17(15)19(23)24/h3-10,13H,11-12H2,1-2H3,(H,21,22)(H,23,24). The predicted molar refractivity (Wildman–Crippen MR) is 97.3 cm³/mol. The van der Waals surface area contributed by atoms with E-state index in [-0.39, 0.29) is 23.8 Å². The van der Waals surface area contributed by atoms with Gasteiger partial charge in [-0.25, -0.2) is 9.59 Å². The van der Waals surface area contributed by atoms with Crippen molar-refractivity contribution in [2.45, 2.75) is 20.3 Å². The van der Waals surface area contributed by atoms with Crippen LogP contribution in [0.2, 0.25) is 0 Å². The number of esters is 1. The number of anilines is 1. The molecule has 2 aromatic rings. The predicted octanol–water partition coefficient (Wildman–Crippen LogP) is 3.38. The molecule has 0 atom stereocenters. The fourth-order valence-electron chi connectivity index (χ4n) is 2.28. The van der Waals surface area contributed by atoms with Gasteiger partial charge in [-0.15, -0.1) is 0 Å². The van der Waals surface area contributed by atoms with Crippen LogP contribution in [0.1, 0.15) is 40.1 Å². The summed E-state index contributed by atoms with van der Waals surface area (Å²) < 4.78 is 5.14. The quantitative estimate of drug-likeness (QED) is 0.743. The van der Waals surface area contributed by atoms with E-state index < -0.39 is 11.9 Å². The molecule has 0 saturated carbocycles. The van der Waals surface area contributed by atoms with E-state index in [9.17, 15) is 14.4 Å². The first-order chi connectivity index (χ1) is 12.4. The molecule has 0 aliphatic heterocycles. The van der Waals surface area contributed by atoms with Crippen LogP contribution in [0.3, 0.4) is 0 Å². The minimum Gasteiger partial charge on any atom is -0.478 e. The van der Waals surface area contributed by atoms with E-state index in [0.717, 1.165) is 0 Å². The smallest absolute Gasteiger partial charge is 0.338 e. The second-order valence-electron chi connectivity index (χ2n) is 6.26. The molecule has 0 aromatic heterocycles. The average Bonchev–Trinajstić information content (AvgIpc) is 2.60. The number of benzene rings is 2. The first-order valence-corrected chi connectivity index (χ1v) is 8.25. The van der Waals surface area contributed by atoms with Crippen molar-refractivity contribution in [2.75, 3.05) is 11.9 Å². The molecule has 0 unspecified atom stereocenters. The minimum absolute atomic E-state index is 0.0549. The molecule has 6 heteroatoms. The Labute approximate surface area is 151 Å². The number of aromatic carboxylic acids is 1. The van der Waals surface area contributed by atoms with E-state index in [1.165, 1.54) is 6.07 Å². The molecular formula is C20H21NO5. The van der Waals surface area contributed by atoms with Gasteiger partial charge in [0.05, 0.1) is 24.2 Å². The van der Waals surface area contributed by atoms with Crippen LogP contribution in [0.15, 0.2) is 48.5 Å². The lowest BCUT2D eigenvalue weighted by Gasteiger charge is -2.09. The second kappa shape index (κ2) is 8.80. The SMILES string of the molecule is CC(C)COC(=O)c1ccc(NC(=O)Cc2ccccc2C(=O)O)cc1. The van der Waals surface area contributed by atoms with Gasteiger partial charge in [-0.1, -0.05) is 32.0 Å². The summed E-state index contributed by atoms with van der Waals surface area (Å²) in [5, 5.41) is 11.8. The Kier molecular flexibility index (Phi) is 6.49. The number of amides is 1. The van der Waals surface area contributed by atoms with Crippen LogP contribution in [-0.4, -0.2) is 29.6 Å². The summed E-state index contributed by atoms with van der Waals surface area (Å²) in [5.41, 5.74) is 1.46. The van der Waals surface area contributed by atoms with Crippen LogP contribution >= 0.6 is 0 Å². The van der Waals surface area contributed by atoms with Crippen LogP contribution in [0, 0.1) is 5.92 Å². The van der Waals surface area contributed by atoms with Crippen molar-refractivity contribution < 1.29 is 24.2 Å². The number of nitrogens with one attached hydrogen (secondary N) is 1. The van der Waals surface area contributed by atoms with Gasteiger partial charge in [-0.2, -0.15) is 0 Å². The Morgan fingerprint density at radius 3 is 2.31 bits per heavy atom. The number of carbonyl (C=O) groups excluding carboxylic acids is 2. The van der Waals surface area contributed by atoms with E-state index in [4.69, 9.17) is 9.84 Å². The van der Waals surface area contributed by atoms with Gasteiger partial charge < -0.3 is 15.2 Å². The highest BCUT2D eigenvalue weighted by Crippen LogP contribution is 2.14. The third-order valence-corrected chi connectivity index (χ3v) is 3.55. The third-order valence-electron chi connectivity index (χ3n) is 3.55. The third kappa shape index (κ3) is 5.44. The van der Waals surface area contributed by atoms with Crippen LogP contribution in [-0.2, 0) is 16.0 Å². The summed E-state index contributed by atoms with van der Waals surface area (Å²) in [7, 11) is 0. The van der Waals surface area contributed by atoms with Crippen LogP contribution in [0.25, 0.3) is 0 Å². The fraction of sp³-hybridized carbons (Fsp3) is 0.250. The topological polar surface area (TPSA) is 92.7 Å². The molecular weight excluding hydrogens is 334 g/mol. The maximum Gasteiger partial charge on any atom is 0.338 e. The summed E-state index contributed by atoms with van der Waals surface area (Å²) in [5.74, 6) is -1.57. The summed E-state index contributed by atoms with van der Waals surface area (Å²) >= 11 is 0. The molecule has 0 heterocycles. The highest BCUT2D eigenvalue weighted by Gasteiger charge is 2.13. The lowest BCUT2D eigenvalue weighted by Crippen LogP contribution is -2.16.